The number of halogens is 3. The lowest BCUT2D eigenvalue weighted by atomic mass is 9.97. The Kier molecular flexibility index (Phi) is 2.70. The van der Waals surface area contributed by atoms with E-state index in [2.05, 4.69) is 5.32 Å². The molecule has 0 aromatic heterocycles. The van der Waals surface area contributed by atoms with Gasteiger partial charge in [-0.1, -0.05) is 6.42 Å². The maximum absolute atomic E-state index is 12.6. The van der Waals surface area contributed by atoms with E-state index >= 15 is 0 Å². The van der Waals surface area contributed by atoms with E-state index in [9.17, 15) is 13.2 Å². The van der Waals surface area contributed by atoms with Crippen molar-refractivity contribution in [2.45, 2.75) is 37.5 Å². The van der Waals surface area contributed by atoms with Gasteiger partial charge in [-0.2, -0.15) is 13.2 Å². The Bertz CT molecular complexity index is 203. The van der Waals surface area contributed by atoms with Crippen LogP contribution in [0.5, 0.6) is 0 Å². The van der Waals surface area contributed by atoms with Gasteiger partial charge in [0.25, 0.3) is 0 Å². The van der Waals surface area contributed by atoms with Crippen molar-refractivity contribution in [3.05, 3.63) is 0 Å². The second-order valence-corrected chi connectivity index (χ2v) is 4.10. The lowest BCUT2D eigenvalue weighted by Crippen LogP contribution is -2.63. The summed E-state index contributed by atoms with van der Waals surface area (Å²) in [6.45, 7) is 1.38. The third-order valence-electron chi connectivity index (χ3n) is 3.17. The molecule has 0 aromatic rings. The van der Waals surface area contributed by atoms with E-state index in [-0.39, 0.29) is 12.6 Å². The molecule has 82 valence electrons. The zero-order valence-corrected chi connectivity index (χ0v) is 7.98. The summed E-state index contributed by atoms with van der Waals surface area (Å²) in [5.74, 6) is 0. The molecule has 2 unspecified atom stereocenters. The summed E-state index contributed by atoms with van der Waals surface area (Å²) in [6.07, 6.45) is -1.21. The molecule has 2 atom stereocenters. The Balaban J connectivity index is 2.09. The van der Waals surface area contributed by atoms with E-state index in [0.717, 1.165) is 19.3 Å². The zero-order valence-electron chi connectivity index (χ0n) is 7.98. The predicted molar refractivity (Wildman–Crippen MR) is 47.1 cm³/mol. The normalized spacial score (nSPS) is 35.4. The Morgan fingerprint density at radius 2 is 1.93 bits per heavy atom. The van der Waals surface area contributed by atoms with E-state index in [4.69, 9.17) is 0 Å². The van der Waals surface area contributed by atoms with Gasteiger partial charge in [-0.05, 0) is 19.4 Å². The van der Waals surface area contributed by atoms with Crippen LogP contribution in [0.15, 0.2) is 0 Å². The second kappa shape index (κ2) is 3.70. The Morgan fingerprint density at radius 1 is 1.14 bits per heavy atom. The minimum Gasteiger partial charge on any atom is -0.313 e. The van der Waals surface area contributed by atoms with Gasteiger partial charge in [0.05, 0.1) is 0 Å². The van der Waals surface area contributed by atoms with Crippen LogP contribution in [0.3, 0.4) is 0 Å². The van der Waals surface area contributed by atoms with Gasteiger partial charge in [-0.15, -0.1) is 0 Å². The highest BCUT2D eigenvalue weighted by Crippen LogP contribution is 2.31. The largest absolute Gasteiger partial charge is 0.405 e. The molecule has 0 aromatic carbocycles. The first-order valence-electron chi connectivity index (χ1n) is 5.12. The summed E-state index contributed by atoms with van der Waals surface area (Å²) in [4.78, 5) is 1.64. The second-order valence-electron chi connectivity index (χ2n) is 4.10. The number of piperazine rings is 1. The Labute approximate surface area is 81.5 Å². The summed E-state index contributed by atoms with van der Waals surface area (Å²) < 4.78 is 37.9. The Morgan fingerprint density at radius 3 is 2.64 bits per heavy atom. The van der Waals surface area contributed by atoms with Gasteiger partial charge in [-0.25, -0.2) is 0 Å². The minimum atomic E-state index is -4.08. The number of alkyl halides is 3. The first-order valence-corrected chi connectivity index (χ1v) is 5.12. The van der Waals surface area contributed by atoms with E-state index in [1.54, 1.807) is 4.90 Å². The number of piperidine rings is 1. The highest BCUT2D eigenvalue weighted by Gasteiger charge is 2.47. The summed E-state index contributed by atoms with van der Waals surface area (Å²) in [6, 6.07) is -1.16. The molecule has 2 saturated heterocycles. The number of nitrogens with one attached hydrogen (secondary N) is 1. The quantitative estimate of drug-likeness (QED) is 0.647. The van der Waals surface area contributed by atoms with Crippen molar-refractivity contribution < 1.29 is 13.2 Å². The van der Waals surface area contributed by atoms with Gasteiger partial charge in [0.1, 0.15) is 6.04 Å². The topological polar surface area (TPSA) is 15.3 Å². The van der Waals surface area contributed by atoms with Crippen molar-refractivity contribution in [1.82, 2.24) is 10.2 Å². The summed E-state index contributed by atoms with van der Waals surface area (Å²) in [7, 11) is 0. The van der Waals surface area contributed by atoms with E-state index in [1.807, 2.05) is 0 Å². The zero-order chi connectivity index (χ0) is 10.2. The van der Waals surface area contributed by atoms with Crippen molar-refractivity contribution in [2.24, 2.45) is 0 Å². The molecule has 0 saturated carbocycles. The molecule has 0 amide bonds. The van der Waals surface area contributed by atoms with Crippen LogP contribution in [0, 0.1) is 0 Å². The monoisotopic (exact) mass is 208 g/mol. The molecule has 2 fully saturated rings. The van der Waals surface area contributed by atoms with E-state index in [1.165, 1.54) is 0 Å². The van der Waals surface area contributed by atoms with Crippen molar-refractivity contribution in [2.75, 3.05) is 19.6 Å². The lowest BCUT2D eigenvalue weighted by molar-refractivity contribution is -0.197. The van der Waals surface area contributed by atoms with Gasteiger partial charge in [0.2, 0.25) is 0 Å². The van der Waals surface area contributed by atoms with Crippen LogP contribution in [0.2, 0.25) is 0 Å². The first kappa shape index (κ1) is 10.2. The maximum Gasteiger partial charge on any atom is 0.405 e. The van der Waals surface area contributed by atoms with Crippen molar-refractivity contribution >= 4 is 0 Å². The molecule has 2 heterocycles. The number of rotatable bonds is 0. The molecular formula is C9H15F3N2. The summed E-state index contributed by atoms with van der Waals surface area (Å²) in [5, 5.41) is 2.88. The fourth-order valence-corrected chi connectivity index (χ4v) is 2.46. The van der Waals surface area contributed by atoms with Crippen LogP contribution in [0.1, 0.15) is 19.3 Å². The van der Waals surface area contributed by atoms with Crippen LogP contribution in [0.4, 0.5) is 13.2 Å². The highest BCUT2D eigenvalue weighted by molar-refractivity contribution is 4.93. The average molecular weight is 208 g/mol. The molecule has 2 rings (SSSR count). The van der Waals surface area contributed by atoms with Gasteiger partial charge in [-0.3, -0.25) is 4.90 Å². The minimum absolute atomic E-state index is 0.0556. The van der Waals surface area contributed by atoms with Gasteiger partial charge in [0.15, 0.2) is 0 Å². The van der Waals surface area contributed by atoms with E-state index < -0.39 is 12.2 Å². The van der Waals surface area contributed by atoms with Crippen LogP contribution >= 0.6 is 0 Å². The fraction of sp³-hybridized carbons (Fsp3) is 1.00. The smallest absolute Gasteiger partial charge is 0.313 e. The van der Waals surface area contributed by atoms with Gasteiger partial charge >= 0.3 is 6.18 Å². The molecule has 2 aliphatic rings. The molecule has 0 aliphatic carbocycles. The molecule has 0 radical (unpaired) electrons. The Hall–Kier alpha value is -0.290. The number of hydrogen-bond acceptors (Lipinski definition) is 2. The average Bonchev–Trinajstić information content (AvgIpc) is 2.15. The molecule has 0 spiro atoms. The number of hydrogen-bond donors (Lipinski definition) is 1. The SMILES string of the molecule is FC(F)(F)C1CNCC2CCCCN21. The maximum atomic E-state index is 12.6. The van der Waals surface area contributed by atoms with Gasteiger partial charge in [0, 0.05) is 19.1 Å². The van der Waals surface area contributed by atoms with E-state index in [0.29, 0.717) is 13.1 Å². The van der Waals surface area contributed by atoms with Crippen LogP contribution < -0.4 is 5.32 Å². The molecular weight excluding hydrogens is 193 g/mol. The molecule has 0 bridgehead atoms. The first-order chi connectivity index (χ1) is 6.59. The van der Waals surface area contributed by atoms with Crippen molar-refractivity contribution in [3.63, 3.8) is 0 Å². The molecule has 2 nitrogen and oxygen atoms in total. The third-order valence-corrected chi connectivity index (χ3v) is 3.17. The molecule has 14 heavy (non-hydrogen) atoms. The number of fused-ring (bicyclic) bond motifs is 1. The van der Waals surface area contributed by atoms with Gasteiger partial charge < -0.3 is 5.32 Å². The number of nitrogens with zero attached hydrogens (tertiary/aromatic N) is 1. The summed E-state index contributed by atoms with van der Waals surface area (Å²) in [5.41, 5.74) is 0. The standard InChI is InChI=1S/C9H15F3N2/c10-9(11,12)8-6-13-5-7-3-1-2-4-14(7)8/h7-8,13H,1-6H2. The van der Waals surface area contributed by atoms with Crippen LogP contribution in [-0.4, -0.2) is 42.8 Å². The molecule has 5 heteroatoms. The fourth-order valence-electron chi connectivity index (χ4n) is 2.46. The third kappa shape index (κ3) is 1.88. The summed E-state index contributed by atoms with van der Waals surface area (Å²) >= 11 is 0. The van der Waals surface area contributed by atoms with Crippen LogP contribution in [0.25, 0.3) is 0 Å². The molecule has 1 N–H and O–H groups in total. The lowest BCUT2D eigenvalue weighted by Gasteiger charge is -2.45. The van der Waals surface area contributed by atoms with Crippen molar-refractivity contribution in [1.29, 1.82) is 0 Å². The predicted octanol–water partition coefficient (Wildman–Crippen LogP) is 1.37. The van der Waals surface area contributed by atoms with Crippen LogP contribution in [-0.2, 0) is 0 Å². The molecule has 2 aliphatic heterocycles. The highest BCUT2D eigenvalue weighted by atomic mass is 19.4. The van der Waals surface area contributed by atoms with Crippen molar-refractivity contribution in [3.8, 4) is 0 Å².